The number of nitrogens with zero attached hydrogens (tertiary/aromatic N) is 1. The second-order valence-electron chi connectivity index (χ2n) is 11.1. The quantitative estimate of drug-likeness (QED) is 0.420. The van der Waals surface area contributed by atoms with Crippen LogP contribution in [0.1, 0.15) is 66.4 Å². The first-order valence-corrected chi connectivity index (χ1v) is 13.7. The van der Waals surface area contributed by atoms with Crippen molar-refractivity contribution < 1.29 is 24.2 Å². The van der Waals surface area contributed by atoms with Crippen LogP contribution in [0.4, 0.5) is 11.4 Å². The Morgan fingerprint density at radius 1 is 1.13 bits per heavy atom. The van der Waals surface area contributed by atoms with Gasteiger partial charge in [-0.25, -0.2) is 4.79 Å². The third-order valence-corrected chi connectivity index (χ3v) is 8.88. The fraction of sp³-hybridized carbons (Fsp3) is 0.533. The van der Waals surface area contributed by atoms with Crippen LogP contribution in [-0.2, 0) is 19.7 Å². The SMILES string of the molecule is COCCN(C)C1(Nc2cc(C)c(C(=O)O)cc2-c2ccc3c(c2)NC(=O)C32CCOCC2)CCCCC1. The summed E-state index contributed by atoms with van der Waals surface area (Å²) in [6.07, 6.45) is 6.80. The molecule has 2 aromatic carbocycles. The molecule has 0 aromatic heterocycles. The van der Waals surface area contributed by atoms with Crippen LogP contribution in [0.3, 0.4) is 0 Å². The molecule has 8 nitrogen and oxygen atoms in total. The minimum atomic E-state index is -0.949. The highest BCUT2D eigenvalue weighted by Gasteiger charge is 2.47. The average Bonchev–Trinajstić information content (AvgIpc) is 3.17. The van der Waals surface area contributed by atoms with Gasteiger partial charge in [-0.2, -0.15) is 0 Å². The zero-order valence-electron chi connectivity index (χ0n) is 22.7. The van der Waals surface area contributed by atoms with Crippen LogP contribution < -0.4 is 10.6 Å². The van der Waals surface area contributed by atoms with Crippen molar-refractivity contribution in [1.82, 2.24) is 4.90 Å². The molecule has 0 unspecified atom stereocenters. The molecule has 2 aliphatic heterocycles. The molecule has 3 aliphatic rings. The third kappa shape index (κ3) is 4.70. The summed E-state index contributed by atoms with van der Waals surface area (Å²) in [5.41, 5.74) is 4.63. The van der Waals surface area contributed by atoms with Gasteiger partial charge in [-0.15, -0.1) is 0 Å². The predicted octanol–water partition coefficient (Wildman–Crippen LogP) is 5.01. The summed E-state index contributed by atoms with van der Waals surface area (Å²) in [6, 6.07) is 9.81. The largest absolute Gasteiger partial charge is 0.478 e. The molecule has 5 rings (SSSR count). The van der Waals surface area contributed by atoms with Crippen LogP contribution >= 0.6 is 0 Å². The molecule has 0 radical (unpaired) electrons. The van der Waals surface area contributed by atoms with Gasteiger partial charge >= 0.3 is 5.97 Å². The first-order valence-electron chi connectivity index (χ1n) is 13.7. The number of fused-ring (bicyclic) bond motifs is 2. The maximum atomic E-state index is 13.1. The van der Waals surface area contributed by atoms with E-state index in [1.54, 1.807) is 13.2 Å². The standard InChI is InChI=1S/C30H39N3O5/c1-20-17-25(32-30(9-5-4-6-10-30)33(2)13-16-37-3)23(19-22(20)27(34)35)21-7-8-24-26(18-21)31-28(36)29(24)11-14-38-15-12-29/h7-8,17-19,32H,4-6,9-16H2,1-3H3,(H,31,36)(H,34,35). The van der Waals surface area contributed by atoms with Gasteiger partial charge in [0.1, 0.15) is 0 Å². The number of likely N-dealkylation sites (N-methyl/N-ethyl adjacent to an activating group) is 1. The van der Waals surface area contributed by atoms with Gasteiger partial charge in [-0.1, -0.05) is 18.6 Å². The monoisotopic (exact) mass is 521 g/mol. The Morgan fingerprint density at radius 3 is 2.55 bits per heavy atom. The summed E-state index contributed by atoms with van der Waals surface area (Å²) in [5.74, 6) is -0.919. The van der Waals surface area contributed by atoms with Crippen LogP contribution in [0.25, 0.3) is 11.1 Å². The summed E-state index contributed by atoms with van der Waals surface area (Å²) in [5, 5.41) is 16.9. The zero-order chi connectivity index (χ0) is 26.9. The fourth-order valence-corrected chi connectivity index (χ4v) is 6.53. The molecule has 1 saturated carbocycles. The molecule has 3 N–H and O–H groups in total. The van der Waals surface area contributed by atoms with Crippen molar-refractivity contribution >= 4 is 23.3 Å². The molecule has 2 heterocycles. The van der Waals surface area contributed by atoms with Crippen LogP contribution in [0, 0.1) is 6.92 Å². The molecule has 0 bridgehead atoms. The van der Waals surface area contributed by atoms with Gasteiger partial charge in [0.15, 0.2) is 0 Å². The predicted molar refractivity (Wildman–Crippen MR) is 148 cm³/mol. The molecule has 1 amide bonds. The van der Waals surface area contributed by atoms with Gasteiger partial charge in [0, 0.05) is 43.8 Å². The number of hydrogen-bond donors (Lipinski definition) is 3. The van der Waals surface area contributed by atoms with E-state index in [1.807, 2.05) is 31.2 Å². The number of aromatic carboxylic acids is 1. The number of rotatable bonds is 8. The van der Waals surface area contributed by atoms with Gasteiger partial charge in [0.05, 0.1) is 23.2 Å². The Balaban J connectivity index is 1.58. The van der Waals surface area contributed by atoms with E-state index < -0.39 is 11.4 Å². The Bertz CT molecular complexity index is 1210. The lowest BCUT2D eigenvalue weighted by atomic mass is 9.75. The van der Waals surface area contributed by atoms with Crippen molar-refractivity contribution in [3.05, 3.63) is 47.0 Å². The number of carboxylic acids is 1. The van der Waals surface area contributed by atoms with E-state index >= 15 is 0 Å². The number of carbonyl (C=O) groups is 2. The van der Waals surface area contributed by atoms with Gasteiger partial charge in [0.25, 0.3) is 0 Å². The molecule has 2 fully saturated rings. The van der Waals surface area contributed by atoms with Crippen LogP contribution in [0.15, 0.2) is 30.3 Å². The van der Waals surface area contributed by atoms with Crippen LogP contribution in [0.5, 0.6) is 0 Å². The fourth-order valence-electron chi connectivity index (χ4n) is 6.53. The third-order valence-electron chi connectivity index (χ3n) is 8.88. The van der Waals surface area contributed by atoms with Gasteiger partial charge in [-0.05, 0) is 87.4 Å². The molecule has 1 aliphatic carbocycles. The number of carboxylic acid groups (broad SMARTS) is 1. The molecule has 8 heteroatoms. The normalized spacial score (nSPS) is 19.8. The summed E-state index contributed by atoms with van der Waals surface area (Å²) in [6.45, 7) is 4.42. The topological polar surface area (TPSA) is 100 Å². The van der Waals surface area contributed by atoms with Crippen LogP contribution in [0.2, 0.25) is 0 Å². The second-order valence-corrected chi connectivity index (χ2v) is 11.1. The molecule has 0 atom stereocenters. The number of carbonyl (C=O) groups excluding carboxylic acids is 1. The average molecular weight is 522 g/mol. The second kappa shape index (κ2) is 10.7. The maximum Gasteiger partial charge on any atom is 0.335 e. The zero-order valence-corrected chi connectivity index (χ0v) is 22.7. The highest BCUT2D eigenvalue weighted by molar-refractivity contribution is 6.07. The first-order chi connectivity index (χ1) is 18.3. The van der Waals surface area contributed by atoms with Crippen molar-refractivity contribution in [3.63, 3.8) is 0 Å². The summed E-state index contributed by atoms with van der Waals surface area (Å²) < 4.78 is 10.9. The first kappa shape index (κ1) is 26.7. The number of methoxy groups -OCH3 is 1. The Morgan fingerprint density at radius 2 is 1.87 bits per heavy atom. The van der Waals surface area contributed by atoms with E-state index in [2.05, 4.69) is 22.6 Å². The Labute approximate surface area is 224 Å². The number of hydrogen-bond acceptors (Lipinski definition) is 6. The van der Waals surface area contributed by atoms with E-state index in [4.69, 9.17) is 9.47 Å². The smallest absolute Gasteiger partial charge is 0.335 e. The van der Waals surface area contributed by atoms with E-state index in [0.717, 1.165) is 60.3 Å². The molecule has 1 saturated heterocycles. The lowest BCUT2D eigenvalue weighted by Gasteiger charge is -2.46. The maximum absolute atomic E-state index is 13.1. The molecule has 1 spiro atoms. The van der Waals surface area contributed by atoms with E-state index in [9.17, 15) is 14.7 Å². The number of amides is 1. The summed E-state index contributed by atoms with van der Waals surface area (Å²) >= 11 is 0. The van der Waals surface area contributed by atoms with Crippen molar-refractivity contribution in [2.24, 2.45) is 0 Å². The molecule has 204 valence electrons. The van der Waals surface area contributed by atoms with E-state index in [-0.39, 0.29) is 17.1 Å². The van der Waals surface area contributed by atoms with Crippen molar-refractivity contribution in [3.8, 4) is 11.1 Å². The number of nitrogens with one attached hydrogen (secondary N) is 2. The number of ether oxygens (including phenoxy) is 2. The number of anilines is 2. The lowest BCUT2D eigenvalue weighted by Crippen LogP contribution is -2.55. The van der Waals surface area contributed by atoms with Crippen molar-refractivity contribution in [2.45, 2.75) is 62.9 Å². The molecule has 38 heavy (non-hydrogen) atoms. The van der Waals surface area contributed by atoms with E-state index in [1.165, 1.54) is 6.42 Å². The highest BCUT2D eigenvalue weighted by Crippen LogP contribution is 2.47. The molecule has 2 aromatic rings. The Kier molecular flexibility index (Phi) is 7.49. The van der Waals surface area contributed by atoms with Crippen molar-refractivity contribution in [2.75, 3.05) is 51.2 Å². The minimum absolute atomic E-state index is 0.0300. The molecular weight excluding hydrogens is 482 g/mol. The number of aryl methyl sites for hydroxylation is 1. The number of benzene rings is 2. The highest BCUT2D eigenvalue weighted by atomic mass is 16.5. The summed E-state index contributed by atoms with van der Waals surface area (Å²) in [7, 11) is 3.85. The minimum Gasteiger partial charge on any atom is -0.478 e. The van der Waals surface area contributed by atoms with Gasteiger partial charge in [0.2, 0.25) is 5.91 Å². The van der Waals surface area contributed by atoms with E-state index in [0.29, 0.717) is 38.2 Å². The van der Waals surface area contributed by atoms with Gasteiger partial charge < -0.3 is 25.2 Å². The van der Waals surface area contributed by atoms with Crippen LogP contribution in [-0.4, -0.2) is 68.1 Å². The molecular formula is C30H39N3O5. The van der Waals surface area contributed by atoms with Gasteiger partial charge in [-0.3, -0.25) is 9.69 Å². The Hall–Kier alpha value is -2.94. The summed E-state index contributed by atoms with van der Waals surface area (Å²) in [4.78, 5) is 27.6. The lowest BCUT2D eigenvalue weighted by molar-refractivity contribution is -0.124. The van der Waals surface area contributed by atoms with Crippen molar-refractivity contribution in [1.29, 1.82) is 0 Å².